The fourth-order valence-electron chi connectivity index (χ4n) is 3.21. The summed E-state index contributed by atoms with van der Waals surface area (Å²) in [6.45, 7) is 5.65. The molecule has 34 heavy (non-hydrogen) atoms. The minimum Gasteiger partial charge on any atom is -0.383 e. The summed E-state index contributed by atoms with van der Waals surface area (Å²) in [7, 11) is 0. The van der Waals surface area contributed by atoms with Gasteiger partial charge in [-0.25, -0.2) is 4.68 Å². The number of anilines is 2. The van der Waals surface area contributed by atoms with Crippen LogP contribution in [0.25, 0.3) is 11.3 Å². The lowest BCUT2D eigenvalue weighted by Crippen LogP contribution is -2.35. The van der Waals surface area contributed by atoms with Gasteiger partial charge in [-0.3, -0.25) is 9.59 Å². The first-order valence-corrected chi connectivity index (χ1v) is 10.3. The molecule has 3 aromatic rings. The summed E-state index contributed by atoms with van der Waals surface area (Å²) in [6, 6.07) is 7.61. The van der Waals surface area contributed by atoms with Crippen LogP contribution in [0, 0.1) is 0 Å². The van der Waals surface area contributed by atoms with E-state index in [1.165, 1.54) is 4.68 Å². The second-order valence-corrected chi connectivity index (χ2v) is 8.63. The van der Waals surface area contributed by atoms with Crippen LogP contribution in [0.3, 0.4) is 0 Å². The van der Waals surface area contributed by atoms with Gasteiger partial charge in [0, 0.05) is 17.7 Å². The number of aromatic nitrogens is 3. The molecule has 0 unspecified atom stereocenters. The monoisotopic (exact) mass is 478 g/mol. The molecule has 182 valence electrons. The van der Waals surface area contributed by atoms with Crippen LogP contribution >= 0.6 is 0 Å². The highest BCUT2D eigenvalue weighted by Crippen LogP contribution is 2.41. The van der Waals surface area contributed by atoms with Crippen molar-refractivity contribution in [3.8, 4) is 11.3 Å². The molecule has 3 rings (SSSR count). The average molecular weight is 478 g/mol. The predicted octanol–water partition coefficient (Wildman–Crippen LogP) is 3.82. The van der Waals surface area contributed by atoms with Crippen LogP contribution in [0.2, 0.25) is 0 Å². The number of carbonyl (C=O) groups excluding carboxylic acids is 2. The summed E-state index contributed by atoms with van der Waals surface area (Å²) >= 11 is 0. The van der Waals surface area contributed by atoms with Gasteiger partial charge < -0.3 is 21.3 Å². The number of hydrogen-bond acceptors (Lipinski definition) is 6. The Bertz CT molecular complexity index is 1210. The maximum Gasteiger partial charge on any atom is 0.401 e. The molecule has 0 aliphatic heterocycles. The number of amides is 2. The Labute approximate surface area is 193 Å². The molecule has 9 nitrogen and oxygen atoms in total. The van der Waals surface area contributed by atoms with Crippen molar-refractivity contribution in [1.29, 1.82) is 0 Å². The van der Waals surface area contributed by atoms with Gasteiger partial charge in [0.05, 0.1) is 6.42 Å². The van der Waals surface area contributed by atoms with Crippen LogP contribution in [0.1, 0.15) is 55.4 Å². The van der Waals surface area contributed by atoms with E-state index in [0.29, 0.717) is 16.8 Å². The van der Waals surface area contributed by atoms with Crippen LogP contribution in [0.5, 0.6) is 0 Å². The normalized spacial score (nSPS) is 12.2. The predicted molar refractivity (Wildman–Crippen MR) is 119 cm³/mol. The van der Waals surface area contributed by atoms with E-state index in [9.17, 15) is 22.8 Å². The Hall–Kier alpha value is -3.83. The molecule has 0 aliphatic rings. The highest BCUT2D eigenvalue weighted by molar-refractivity contribution is 6.03. The third-order valence-corrected chi connectivity index (χ3v) is 5.38. The number of benzene rings is 1. The molecule has 0 saturated carbocycles. The van der Waals surface area contributed by atoms with Crippen LogP contribution in [-0.2, 0) is 16.6 Å². The molecule has 5 N–H and O–H groups in total. The number of carbonyl (C=O) groups is 2. The average Bonchev–Trinajstić information content (AvgIpc) is 3.32. The molecule has 0 spiro atoms. The highest BCUT2D eigenvalue weighted by atomic mass is 19.4. The summed E-state index contributed by atoms with van der Waals surface area (Å²) in [5.74, 6) is -1.56. The van der Waals surface area contributed by atoms with E-state index < -0.39 is 29.2 Å². The zero-order chi connectivity index (χ0) is 25.4. The highest BCUT2D eigenvalue weighted by Gasteiger charge is 2.51. The quantitative estimate of drug-likeness (QED) is 0.471. The lowest BCUT2D eigenvalue weighted by Gasteiger charge is -2.24. The summed E-state index contributed by atoms with van der Waals surface area (Å²) < 4.78 is 45.7. The van der Waals surface area contributed by atoms with Crippen LogP contribution in [0.4, 0.5) is 24.8 Å². The third-order valence-electron chi connectivity index (χ3n) is 5.38. The van der Waals surface area contributed by atoms with Crippen LogP contribution in [-0.4, -0.2) is 32.9 Å². The minimum atomic E-state index is -4.54. The Morgan fingerprint density at radius 1 is 1.18 bits per heavy atom. The first-order chi connectivity index (χ1) is 15.7. The lowest BCUT2D eigenvalue weighted by atomic mass is 9.89. The second kappa shape index (κ2) is 8.84. The van der Waals surface area contributed by atoms with E-state index >= 15 is 0 Å². The Morgan fingerprint density at radius 3 is 2.32 bits per heavy atom. The number of halogens is 3. The fraction of sp³-hybridized carbons (Fsp3) is 0.364. The van der Waals surface area contributed by atoms with Crippen molar-refractivity contribution < 1.29 is 27.3 Å². The van der Waals surface area contributed by atoms with E-state index in [4.69, 9.17) is 16.0 Å². The number of nitrogens with two attached hydrogens (primary N) is 2. The van der Waals surface area contributed by atoms with Crippen LogP contribution < -0.4 is 16.8 Å². The van der Waals surface area contributed by atoms with Gasteiger partial charge in [0.2, 0.25) is 5.91 Å². The fourth-order valence-corrected chi connectivity index (χ4v) is 3.21. The standard InChI is InChI=1S/C22H25F3N6O3/c1-11(2)31-19(26)17(20(27)33)18(29-31)13-7-5-12(6-8-13)9-16(32)28-15-10-14(34-30-15)21(3,4)22(23,24)25/h5-8,10-11H,9,26H2,1-4H3,(H2,27,33)(H,28,30,32). The van der Waals surface area contributed by atoms with Gasteiger partial charge in [0.15, 0.2) is 11.6 Å². The largest absolute Gasteiger partial charge is 0.401 e. The summed E-state index contributed by atoms with van der Waals surface area (Å²) in [4.78, 5) is 24.3. The van der Waals surface area contributed by atoms with Gasteiger partial charge in [0.25, 0.3) is 5.91 Å². The summed E-state index contributed by atoms with van der Waals surface area (Å²) in [5, 5.41) is 10.3. The molecule has 2 amide bonds. The van der Waals surface area contributed by atoms with E-state index in [1.54, 1.807) is 24.3 Å². The van der Waals surface area contributed by atoms with E-state index in [2.05, 4.69) is 15.6 Å². The van der Waals surface area contributed by atoms with Gasteiger partial charge in [-0.05, 0) is 33.3 Å². The molecule has 0 fully saturated rings. The van der Waals surface area contributed by atoms with E-state index in [-0.39, 0.29) is 29.7 Å². The van der Waals surface area contributed by atoms with Crippen LogP contribution in [0.15, 0.2) is 34.9 Å². The van der Waals surface area contributed by atoms with Crippen molar-refractivity contribution in [3.05, 3.63) is 47.2 Å². The van der Waals surface area contributed by atoms with E-state index in [0.717, 1.165) is 19.9 Å². The van der Waals surface area contributed by atoms with Gasteiger partial charge in [-0.2, -0.15) is 18.3 Å². The molecular formula is C22H25F3N6O3. The minimum absolute atomic E-state index is 0.0730. The molecule has 0 aliphatic carbocycles. The Balaban J connectivity index is 1.74. The molecule has 1 aromatic carbocycles. The topological polar surface area (TPSA) is 142 Å². The molecule has 0 bridgehead atoms. The maximum absolute atomic E-state index is 13.2. The number of nitrogens with zero attached hydrogens (tertiary/aromatic N) is 3. The first-order valence-electron chi connectivity index (χ1n) is 10.3. The van der Waals surface area contributed by atoms with Crippen molar-refractivity contribution in [2.45, 2.75) is 51.7 Å². The van der Waals surface area contributed by atoms with Gasteiger partial charge >= 0.3 is 6.18 Å². The third kappa shape index (κ3) is 4.75. The van der Waals surface area contributed by atoms with Crippen molar-refractivity contribution in [1.82, 2.24) is 14.9 Å². The van der Waals surface area contributed by atoms with Crippen molar-refractivity contribution in [2.75, 3.05) is 11.1 Å². The number of primary amides is 1. The number of hydrogen-bond donors (Lipinski definition) is 3. The van der Waals surface area contributed by atoms with Crippen molar-refractivity contribution in [2.24, 2.45) is 5.73 Å². The van der Waals surface area contributed by atoms with E-state index in [1.807, 2.05) is 13.8 Å². The maximum atomic E-state index is 13.2. The molecular weight excluding hydrogens is 453 g/mol. The molecule has 12 heteroatoms. The first kappa shape index (κ1) is 24.8. The number of alkyl halides is 3. The smallest absolute Gasteiger partial charge is 0.383 e. The molecule has 2 aromatic heterocycles. The van der Waals surface area contributed by atoms with Gasteiger partial charge in [-0.15, -0.1) is 0 Å². The zero-order valence-electron chi connectivity index (χ0n) is 19.0. The van der Waals surface area contributed by atoms with Crippen molar-refractivity contribution in [3.63, 3.8) is 0 Å². The molecule has 0 saturated heterocycles. The summed E-state index contributed by atoms with van der Waals surface area (Å²) in [5.41, 5.74) is 10.9. The molecule has 0 atom stereocenters. The lowest BCUT2D eigenvalue weighted by molar-refractivity contribution is -0.185. The van der Waals surface area contributed by atoms with Gasteiger partial charge in [-0.1, -0.05) is 29.4 Å². The zero-order valence-corrected chi connectivity index (χ0v) is 19.0. The number of rotatable bonds is 7. The molecule has 2 heterocycles. The van der Waals surface area contributed by atoms with Crippen molar-refractivity contribution >= 4 is 23.5 Å². The number of nitrogen functional groups attached to an aromatic ring is 1. The molecule has 0 radical (unpaired) electrons. The Kier molecular flexibility index (Phi) is 6.45. The summed E-state index contributed by atoms with van der Waals surface area (Å²) in [6.07, 6.45) is -4.62. The second-order valence-electron chi connectivity index (χ2n) is 8.63. The SMILES string of the molecule is CC(C)n1nc(-c2ccc(CC(=O)Nc3cc(C(C)(C)C(F)(F)F)on3)cc2)c(C(N)=O)c1N. The van der Waals surface area contributed by atoms with Gasteiger partial charge in [0.1, 0.15) is 22.5 Å². The number of nitrogens with one attached hydrogen (secondary N) is 1. The Morgan fingerprint density at radius 2 is 1.79 bits per heavy atom.